The molecular weight excluding hydrogens is 219 g/mol. The van der Waals surface area contributed by atoms with Crippen LogP contribution >= 0.6 is 0 Å². The average molecular weight is 232 g/mol. The van der Waals surface area contributed by atoms with E-state index in [4.69, 9.17) is 4.55 Å². The van der Waals surface area contributed by atoms with Crippen LogP contribution in [-0.4, -0.2) is 53.9 Å². The van der Waals surface area contributed by atoms with Gasteiger partial charge < -0.3 is 4.74 Å². The molecule has 5 nitrogen and oxygen atoms in total. The van der Waals surface area contributed by atoms with Gasteiger partial charge in [0.25, 0.3) is 0 Å². The Morgan fingerprint density at radius 2 is 2.14 bits per heavy atom. The molecule has 0 aromatic rings. The Balaban J connectivity index is 0. The fraction of sp³-hybridized carbons (Fsp3) is 0.571. The van der Waals surface area contributed by atoms with Crippen molar-refractivity contribution < 1.29 is 22.5 Å². The Morgan fingerprint density at radius 3 is 2.43 bits per heavy atom. The third-order valence-electron chi connectivity index (χ3n) is 1.27. The van der Waals surface area contributed by atoms with Gasteiger partial charge in [-0.3, -0.25) is 4.55 Å². The number of hydrogen-bond acceptors (Lipinski definition) is 4. The maximum absolute atomic E-state index is 10.6. The van der Waals surface area contributed by atoms with Crippen molar-refractivity contribution in [1.29, 1.82) is 0 Å². The molecule has 0 spiro atoms. The second-order valence-corrected chi connectivity index (χ2v) is 3.93. The van der Waals surface area contributed by atoms with Crippen molar-refractivity contribution in [3.63, 3.8) is 0 Å². The molecule has 0 saturated heterocycles. The van der Waals surface area contributed by atoms with Crippen molar-refractivity contribution in [2.24, 2.45) is 0 Å². The Bertz CT molecular complexity index is 284. The molecule has 7 heteroatoms. The SMILES string of the molecule is C=CC(=O)OC(CCC)S(=O)(=O)O.[NaH]. The molecule has 0 radical (unpaired) electrons. The van der Waals surface area contributed by atoms with Gasteiger partial charge in [0.2, 0.25) is 5.44 Å². The molecule has 0 fully saturated rings. The first-order chi connectivity index (χ1) is 5.91. The molecule has 1 unspecified atom stereocenters. The zero-order valence-electron chi connectivity index (χ0n) is 7.26. The van der Waals surface area contributed by atoms with Gasteiger partial charge in [-0.2, -0.15) is 8.42 Å². The predicted molar refractivity (Wildman–Crippen MR) is 53.7 cm³/mol. The number of carbonyl (C=O) groups is 1. The number of rotatable bonds is 5. The van der Waals surface area contributed by atoms with Crippen LogP contribution in [0.3, 0.4) is 0 Å². The zero-order chi connectivity index (χ0) is 10.5. The van der Waals surface area contributed by atoms with E-state index in [2.05, 4.69) is 11.3 Å². The topological polar surface area (TPSA) is 80.7 Å². The molecule has 0 bridgehead atoms. The summed E-state index contributed by atoms with van der Waals surface area (Å²) in [4.78, 5) is 10.6. The molecule has 0 aliphatic rings. The van der Waals surface area contributed by atoms with Crippen LogP contribution in [0, 0.1) is 0 Å². The van der Waals surface area contributed by atoms with E-state index in [1.165, 1.54) is 0 Å². The van der Waals surface area contributed by atoms with E-state index in [0.29, 0.717) is 6.42 Å². The number of ether oxygens (including phenoxy) is 1. The summed E-state index contributed by atoms with van der Waals surface area (Å²) in [5.41, 5.74) is -1.48. The molecule has 0 saturated carbocycles. The van der Waals surface area contributed by atoms with Gasteiger partial charge in [-0.15, -0.1) is 0 Å². The Hall–Kier alpha value is 0.120. The quantitative estimate of drug-likeness (QED) is 0.314. The van der Waals surface area contributed by atoms with Crippen molar-refractivity contribution in [2.45, 2.75) is 25.2 Å². The Kier molecular flexibility index (Phi) is 8.77. The molecular formula is C7H13NaO5S. The molecule has 0 aromatic heterocycles. The van der Waals surface area contributed by atoms with Gasteiger partial charge in [0, 0.05) is 12.5 Å². The van der Waals surface area contributed by atoms with Gasteiger partial charge in [0.05, 0.1) is 0 Å². The molecule has 0 aliphatic carbocycles. The standard InChI is InChI=1S/C7H12O5S.Na.H/c1-3-5-7(13(9,10)11)12-6(8)4-2;;/h4,7H,2-3,5H2,1H3,(H,9,10,11);;. The van der Waals surface area contributed by atoms with Crippen LogP contribution in [0.15, 0.2) is 12.7 Å². The summed E-state index contributed by atoms with van der Waals surface area (Å²) in [5.74, 6) is -0.865. The van der Waals surface area contributed by atoms with Crippen molar-refractivity contribution >= 4 is 45.6 Å². The fourth-order valence-corrected chi connectivity index (χ4v) is 1.43. The van der Waals surface area contributed by atoms with Gasteiger partial charge in [-0.05, 0) is 0 Å². The monoisotopic (exact) mass is 232 g/mol. The van der Waals surface area contributed by atoms with E-state index in [0.717, 1.165) is 6.08 Å². The van der Waals surface area contributed by atoms with E-state index >= 15 is 0 Å². The first-order valence-corrected chi connectivity index (χ1v) is 5.21. The maximum atomic E-state index is 10.6. The summed E-state index contributed by atoms with van der Waals surface area (Å²) in [7, 11) is -4.32. The summed E-state index contributed by atoms with van der Waals surface area (Å²) in [6.07, 6.45) is 1.39. The molecule has 0 rings (SSSR count). The van der Waals surface area contributed by atoms with Crippen LogP contribution in [0.4, 0.5) is 0 Å². The normalized spacial score (nSPS) is 12.4. The molecule has 1 N–H and O–H groups in total. The summed E-state index contributed by atoms with van der Waals surface area (Å²) in [5, 5.41) is 0. The van der Waals surface area contributed by atoms with Crippen molar-refractivity contribution in [2.75, 3.05) is 0 Å². The van der Waals surface area contributed by atoms with Crippen molar-refractivity contribution in [1.82, 2.24) is 0 Å². The first-order valence-electron chi connectivity index (χ1n) is 3.71. The van der Waals surface area contributed by atoms with E-state index in [1.807, 2.05) is 0 Å². The number of esters is 1. The van der Waals surface area contributed by atoms with Crippen LogP contribution in [0.1, 0.15) is 19.8 Å². The second kappa shape index (κ2) is 7.42. The first kappa shape index (κ1) is 16.5. The van der Waals surface area contributed by atoms with E-state index < -0.39 is 21.5 Å². The van der Waals surface area contributed by atoms with Crippen LogP contribution in [0.5, 0.6) is 0 Å². The Labute approximate surface area is 106 Å². The molecule has 1 atom stereocenters. The predicted octanol–water partition coefficient (Wildman–Crippen LogP) is 0.0811. The van der Waals surface area contributed by atoms with E-state index in [1.54, 1.807) is 6.92 Å². The van der Waals surface area contributed by atoms with Gasteiger partial charge >= 0.3 is 45.6 Å². The van der Waals surface area contributed by atoms with Gasteiger partial charge in [-0.1, -0.05) is 19.9 Å². The third-order valence-corrected chi connectivity index (χ3v) is 2.27. The zero-order valence-corrected chi connectivity index (χ0v) is 8.08. The molecule has 0 amide bonds. The van der Waals surface area contributed by atoms with Crippen LogP contribution < -0.4 is 0 Å². The molecule has 14 heavy (non-hydrogen) atoms. The molecule has 78 valence electrons. The van der Waals surface area contributed by atoms with Crippen LogP contribution in [0.2, 0.25) is 0 Å². The second-order valence-electron chi connectivity index (χ2n) is 2.37. The van der Waals surface area contributed by atoms with E-state index in [9.17, 15) is 13.2 Å². The van der Waals surface area contributed by atoms with Crippen molar-refractivity contribution in [3.8, 4) is 0 Å². The van der Waals surface area contributed by atoms with Gasteiger partial charge in [0.1, 0.15) is 0 Å². The van der Waals surface area contributed by atoms with Gasteiger partial charge in [0.15, 0.2) is 0 Å². The minimum atomic E-state index is -4.32. The van der Waals surface area contributed by atoms with Crippen LogP contribution in [0.25, 0.3) is 0 Å². The van der Waals surface area contributed by atoms with Crippen molar-refractivity contribution in [3.05, 3.63) is 12.7 Å². The van der Waals surface area contributed by atoms with E-state index in [-0.39, 0.29) is 36.0 Å². The minimum absolute atomic E-state index is 0. The summed E-state index contributed by atoms with van der Waals surface area (Å²) >= 11 is 0. The molecule has 0 aromatic carbocycles. The molecule has 0 heterocycles. The molecule has 0 aliphatic heterocycles. The summed E-state index contributed by atoms with van der Waals surface area (Å²) in [6, 6.07) is 0. The summed E-state index contributed by atoms with van der Waals surface area (Å²) < 4.78 is 34.3. The number of carbonyl (C=O) groups excluding carboxylic acids is 1. The fourth-order valence-electron chi connectivity index (χ4n) is 0.682. The average Bonchev–Trinajstić information content (AvgIpc) is 2.01. The van der Waals surface area contributed by atoms with Crippen LogP contribution in [-0.2, 0) is 19.6 Å². The Morgan fingerprint density at radius 1 is 1.64 bits per heavy atom. The third kappa shape index (κ3) is 6.56. The summed E-state index contributed by atoms with van der Waals surface area (Å²) in [6.45, 7) is 4.81. The number of hydrogen-bond donors (Lipinski definition) is 1. The van der Waals surface area contributed by atoms with Gasteiger partial charge in [-0.25, -0.2) is 4.79 Å².